The molecule has 0 spiro atoms. The highest BCUT2D eigenvalue weighted by molar-refractivity contribution is 7.89. The van der Waals surface area contributed by atoms with Crippen molar-refractivity contribution in [2.75, 3.05) is 20.2 Å². The summed E-state index contributed by atoms with van der Waals surface area (Å²) in [7, 11) is -2.30. The van der Waals surface area contributed by atoms with Crippen molar-refractivity contribution in [1.29, 1.82) is 0 Å². The van der Waals surface area contributed by atoms with Crippen LogP contribution < -0.4 is 10.1 Å². The van der Waals surface area contributed by atoms with Crippen molar-refractivity contribution in [3.8, 4) is 5.75 Å². The second-order valence-corrected chi connectivity index (χ2v) is 8.21. The van der Waals surface area contributed by atoms with Gasteiger partial charge in [-0.1, -0.05) is 35.9 Å². The number of ether oxygens (including phenoxy) is 1. The van der Waals surface area contributed by atoms with E-state index in [0.29, 0.717) is 6.61 Å². The molecule has 0 saturated heterocycles. The predicted octanol–water partition coefficient (Wildman–Crippen LogP) is 2.20. The Labute approximate surface area is 154 Å². The van der Waals surface area contributed by atoms with Crippen LogP contribution in [0.2, 0.25) is 0 Å². The van der Waals surface area contributed by atoms with Crippen LogP contribution in [0.4, 0.5) is 0 Å². The second-order valence-electron chi connectivity index (χ2n) is 6.17. The van der Waals surface area contributed by atoms with Crippen molar-refractivity contribution < 1.29 is 17.9 Å². The van der Waals surface area contributed by atoms with Gasteiger partial charge in [0.05, 0.1) is 17.5 Å². The summed E-state index contributed by atoms with van der Waals surface area (Å²) in [5, 5.41) is 2.75. The normalized spacial score (nSPS) is 12.6. The van der Waals surface area contributed by atoms with Gasteiger partial charge in [0.25, 0.3) is 0 Å². The molecular formula is C19H24N2O4S. The summed E-state index contributed by atoms with van der Waals surface area (Å²) in [5.74, 6) is 0.340. The maximum Gasteiger partial charge on any atom is 0.243 e. The van der Waals surface area contributed by atoms with Crippen molar-refractivity contribution in [3.05, 3.63) is 60.2 Å². The molecule has 0 fully saturated rings. The molecule has 0 radical (unpaired) electrons. The number of amides is 1. The molecule has 0 heterocycles. The SMILES string of the molecule is Cc1ccc(OCC(C)NC(=O)CN(C)S(=O)(=O)c2ccccc2)cc1. The Kier molecular flexibility index (Phi) is 6.76. The molecule has 1 unspecified atom stereocenters. The number of carbonyl (C=O) groups excluding carboxylic acids is 1. The third-order valence-electron chi connectivity index (χ3n) is 3.75. The molecule has 2 aromatic carbocycles. The molecule has 0 aliphatic rings. The summed E-state index contributed by atoms with van der Waals surface area (Å²) >= 11 is 0. The number of likely N-dealkylation sites (N-methyl/N-ethyl adjacent to an activating group) is 1. The Morgan fingerprint density at radius 2 is 1.73 bits per heavy atom. The number of aryl methyl sites for hydroxylation is 1. The maximum atomic E-state index is 12.4. The topological polar surface area (TPSA) is 75.7 Å². The third-order valence-corrected chi connectivity index (χ3v) is 5.56. The minimum Gasteiger partial charge on any atom is -0.491 e. The molecule has 7 heteroatoms. The molecule has 0 aliphatic heterocycles. The van der Waals surface area contributed by atoms with E-state index >= 15 is 0 Å². The summed E-state index contributed by atoms with van der Waals surface area (Å²) in [6.45, 7) is 3.83. The lowest BCUT2D eigenvalue weighted by Crippen LogP contribution is -2.43. The molecule has 6 nitrogen and oxygen atoms in total. The van der Waals surface area contributed by atoms with E-state index in [1.165, 1.54) is 19.2 Å². The minimum atomic E-state index is -3.69. The quantitative estimate of drug-likeness (QED) is 0.766. The van der Waals surface area contributed by atoms with Crippen LogP contribution in [0.1, 0.15) is 12.5 Å². The second kappa shape index (κ2) is 8.82. The first-order valence-electron chi connectivity index (χ1n) is 8.29. The van der Waals surface area contributed by atoms with Gasteiger partial charge in [-0.3, -0.25) is 4.79 Å². The third kappa shape index (κ3) is 5.57. The van der Waals surface area contributed by atoms with Crippen LogP contribution in [0.5, 0.6) is 5.75 Å². The predicted molar refractivity (Wildman–Crippen MR) is 101 cm³/mol. The number of benzene rings is 2. The molecular weight excluding hydrogens is 352 g/mol. The van der Waals surface area contributed by atoms with Gasteiger partial charge in [-0.15, -0.1) is 0 Å². The Morgan fingerprint density at radius 1 is 1.12 bits per heavy atom. The van der Waals surface area contributed by atoms with E-state index in [2.05, 4.69) is 5.32 Å². The monoisotopic (exact) mass is 376 g/mol. The number of hydrogen-bond acceptors (Lipinski definition) is 4. The summed E-state index contributed by atoms with van der Waals surface area (Å²) in [4.78, 5) is 12.3. The van der Waals surface area contributed by atoms with Crippen molar-refractivity contribution in [2.45, 2.75) is 24.8 Å². The molecule has 0 aromatic heterocycles. The number of nitrogens with zero attached hydrogens (tertiary/aromatic N) is 1. The molecule has 2 rings (SSSR count). The fraction of sp³-hybridized carbons (Fsp3) is 0.316. The van der Waals surface area contributed by atoms with E-state index in [-0.39, 0.29) is 23.4 Å². The van der Waals surface area contributed by atoms with Crippen molar-refractivity contribution in [1.82, 2.24) is 9.62 Å². The highest BCUT2D eigenvalue weighted by Gasteiger charge is 2.23. The lowest BCUT2D eigenvalue weighted by molar-refractivity contribution is -0.121. The van der Waals surface area contributed by atoms with E-state index in [1.54, 1.807) is 25.1 Å². The van der Waals surface area contributed by atoms with Gasteiger partial charge in [0.2, 0.25) is 15.9 Å². The maximum absolute atomic E-state index is 12.4. The number of nitrogens with one attached hydrogen (secondary N) is 1. The molecule has 0 aliphatic carbocycles. The van der Waals surface area contributed by atoms with Crippen molar-refractivity contribution in [2.24, 2.45) is 0 Å². The number of rotatable bonds is 8. The Morgan fingerprint density at radius 3 is 2.35 bits per heavy atom. The van der Waals surface area contributed by atoms with Crippen LogP contribution >= 0.6 is 0 Å². The zero-order chi connectivity index (χ0) is 19.2. The van der Waals surface area contributed by atoms with E-state index in [9.17, 15) is 13.2 Å². The minimum absolute atomic E-state index is 0.158. The average Bonchev–Trinajstić information content (AvgIpc) is 2.61. The van der Waals surface area contributed by atoms with Gasteiger partial charge in [0, 0.05) is 7.05 Å². The number of carbonyl (C=O) groups is 1. The summed E-state index contributed by atoms with van der Waals surface area (Å²) in [6, 6.07) is 15.4. The van der Waals surface area contributed by atoms with Crippen LogP contribution in [0, 0.1) is 6.92 Å². The number of sulfonamides is 1. The van der Waals surface area contributed by atoms with E-state index in [0.717, 1.165) is 15.6 Å². The fourth-order valence-electron chi connectivity index (χ4n) is 2.28. The largest absolute Gasteiger partial charge is 0.491 e. The van der Waals surface area contributed by atoms with Crippen LogP contribution in [0.15, 0.2) is 59.5 Å². The zero-order valence-electron chi connectivity index (χ0n) is 15.2. The zero-order valence-corrected chi connectivity index (χ0v) is 16.0. The van der Waals surface area contributed by atoms with Gasteiger partial charge in [0.1, 0.15) is 12.4 Å². The first kappa shape index (κ1) is 19.9. The van der Waals surface area contributed by atoms with E-state index in [4.69, 9.17) is 4.74 Å². The van der Waals surface area contributed by atoms with E-state index < -0.39 is 10.0 Å². The van der Waals surface area contributed by atoms with Gasteiger partial charge >= 0.3 is 0 Å². The van der Waals surface area contributed by atoms with Gasteiger partial charge in [-0.2, -0.15) is 4.31 Å². The standard InChI is InChI=1S/C19H24N2O4S/c1-15-9-11-17(12-10-15)25-14-16(2)20-19(22)13-21(3)26(23,24)18-7-5-4-6-8-18/h4-12,16H,13-14H2,1-3H3,(H,20,22). The first-order chi connectivity index (χ1) is 12.3. The molecule has 2 aromatic rings. The molecule has 140 valence electrons. The van der Waals surface area contributed by atoms with Crippen LogP contribution in [-0.2, 0) is 14.8 Å². The molecule has 1 N–H and O–H groups in total. The number of hydrogen-bond donors (Lipinski definition) is 1. The van der Waals surface area contributed by atoms with Crippen molar-refractivity contribution in [3.63, 3.8) is 0 Å². The summed E-state index contributed by atoms with van der Waals surface area (Å²) < 4.78 is 31.5. The van der Waals surface area contributed by atoms with Gasteiger partial charge < -0.3 is 10.1 Å². The lowest BCUT2D eigenvalue weighted by atomic mass is 10.2. The van der Waals surface area contributed by atoms with Gasteiger partial charge in [-0.05, 0) is 38.1 Å². The Bertz CT molecular complexity index is 820. The van der Waals surface area contributed by atoms with Crippen LogP contribution in [0.25, 0.3) is 0 Å². The van der Waals surface area contributed by atoms with Gasteiger partial charge in [-0.25, -0.2) is 8.42 Å². The van der Waals surface area contributed by atoms with Crippen LogP contribution in [-0.4, -0.2) is 44.9 Å². The fourth-order valence-corrected chi connectivity index (χ4v) is 3.43. The molecule has 26 heavy (non-hydrogen) atoms. The molecule has 0 bridgehead atoms. The first-order valence-corrected chi connectivity index (χ1v) is 9.73. The Balaban J connectivity index is 1.84. The van der Waals surface area contributed by atoms with Crippen LogP contribution in [0.3, 0.4) is 0 Å². The molecule has 1 atom stereocenters. The summed E-state index contributed by atoms with van der Waals surface area (Å²) in [5.41, 5.74) is 1.14. The van der Waals surface area contributed by atoms with E-state index in [1.807, 2.05) is 31.2 Å². The Hall–Kier alpha value is -2.38. The summed E-state index contributed by atoms with van der Waals surface area (Å²) in [6.07, 6.45) is 0. The lowest BCUT2D eigenvalue weighted by Gasteiger charge is -2.19. The molecule has 1 amide bonds. The highest BCUT2D eigenvalue weighted by atomic mass is 32.2. The van der Waals surface area contributed by atoms with Crippen molar-refractivity contribution >= 4 is 15.9 Å². The highest BCUT2D eigenvalue weighted by Crippen LogP contribution is 2.13. The average molecular weight is 376 g/mol. The van der Waals surface area contributed by atoms with Gasteiger partial charge in [0.15, 0.2) is 0 Å². The smallest absolute Gasteiger partial charge is 0.243 e. The molecule has 0 saturated carbocycles.